The van der Waals surface area contributed by atoms with Crippen molar-refractivity contribution < 1.29 is 14.3 Å². The van der Waals surface area contributed by atoms with Gasteiger partial charge in [0.25, 0.3) is 0 Å². The van der Waals surface area contributed by atoms with Gasteiger partial charge in [-0.25, -0.2) is 4.79 Å². The van der Waals surface area contributed by atoms with Crippen molar-refractivity contribution in [1.82, 2.24) is 15.1 Å². The molecule has 21 heavy (non-hydrogen) atoms. The maximum Gasteiger partial charge on any atom is 0.320 e. The molecule has 2 fully saturated rings. The number of hydrogen-bond acceptors (Lipinski definition) is 4. The topological polar surface area (TPSA) is 61.9 Å². The number of ether oxygens (including phenoxy) is 1. The second-order valence-electron chi connectivity index (χ2n) is 5.41. The molecule has 1 aromatic carbocycles. The van der Waals surface area contributed by atoms with Crippen molar-refractivity contribution in [3.63, 3.8) is 0 Å². The lowest BCUT2D eigenvalue weighted by molar-refractivity contribution is -0.146. The summed E-state index contributed by atoms with van der Waals surface area (Å²) in [6.07, 6.45) is 0. The van der Waals surface area contributed by atoms with Crippen LogP contribution in [-0.2, 0) is 16.1 Å². The van der Waals surface area contributed by atoms with Crippen LogP contribution in [0.1, 0.15) is 5.56 Å². The SMILES string of the molecule is O=C(CN1CCN2C(=O)NC[C@H]2C1)OCc1ccccc1. The molecule has 0 aliphatic carbocycles. The Bertz CT molecular complexity index is 520. The van der Waals surface area contributed by atoms with E-state index >= 15 is 0 Å². The van der Waals surface area contributed by atoms with Crippen LogP contribution in [0.2, 0.25) is 0 Å². The average molecular weight is 289 g/mol. The third-order valence-electron chi connectivity index (χ3n) is 3.91. The van der Waals surface area contributed by atoms with Crippen molar-refractivity contribution >= 4 is 12.0 Å². The maximum absolute atomic E-state index is 11.9. The van der Waals surface area contributed by atoms with Crippen LogP contribution in [0.4, 0.5) is 4.79 Å². The standard InChI is InChI=1S/C15H19N3O3/c19-14(21-11-12-4-2-1-3-5-12)10-17-6-7-18-13(9-17)8-16-15(18)20/h1-5,13H,6-11H2,(H,16,20)/t13-/m0/s1. The van der Waals surface area contributed by atoms with E-state index in [-0.39, 0.29) is 24.6 Å². The van der Waals surface area contributed by atoms with Crippen molar-refractivity contribution in [3.05, 3.63) is 35.9 Å². The van der Waals surface area contributed by atoms with Gasteiger partial charge in [-0.2, -0.15) is 0 Å². The molecule has 2 heterocycles. The van der Waals surface area contributed by atoms with Crippen molar-refractivity contribution in [2.45, 2.75) is 12.6 Å². The smallest absolute Gasteiger partial charge is 0.320 e. The fourth-order valence-electron chi connectivity index (χ4n) is 2.78. The summed E-state index contributed by atoms with van der Waals surface area (Å²) in [6, 6.07) is 9.82. The molecule has 0 aromatic heterocycles. The zero-order valence-electron chi connectivity index (χ0n) is 11.8. The van der Waals surface area contributed by atoms with Crippen molar-refractivity contribution in [2.24, 2.45) is 0 Å². The zero-order chi connectivity index (χ0) is 14.7. The first-order valence-electron chi connectivity index (χ1n) is 7.19. The highest BCUT2D eigenvalue weighted by Gasteiger charge is 2.35. The molecular weight excluding hydrogens is 270 g/mol. The molecular formula is C15H19N3O3. The van der Waals surface area contributed by atoms with Gasteiger partial charge in [0.1, 0.15) is 6.61 Å². The Hall–Kier alpha value is -2.08. The molecule has 2 aliphatic heterocycles. The molecule has 0 radical (unpaired) electrons. The Balaban J connectivity index is 1.44. The van der Waals surface area contributed by atoms with E-state index in [2.05, 4.69) is 10.2 Å². The summed E-state index contributed by atoms with van der Waals surface area (Å²) in [5, 5.41) is 2.83. The van der Waals surface area contributed by atoms with Gasteiger partial charge in [-0.05, 0) is 5.56 Å². The fourth-order valence-corrected chi connectivity index (χ4v) is 2.78. The fraction of sp³-hybridized carbons (Fsp3) is 0.467. The molecule has 2 saturated heterocycles. The first-order chi connectivity index (χ1) is 10.2. The third-order valence-corrected chi connectivity index (χ3v) is 3.91. The molecule has 6 nitrogen and oxygen atoms in total. The molecule has 1 aromatic rings. The highest BCUT2D eigenvalue weighted by molar-refractivity contribution is 5.77. The first kappa shape index (κ1) is 13.9. The van der Waals surface area contributed by atoms with Gasteiger partial charge in [-0.15, -0.1) is 0 Å². The van der Waals surface area contributed by atoms with Gasteiger partial charge in [0, 0.05) is 26.2 Å². The highest BCUT2D eigenvalue weighted by Crippen LogP contribution is 2.14. The normalized spacial score (nSPS) is 21.8. The lowest BCUT2D eigenvalue weighted by Gasteiger charge is -2.35. The van der Waals surface area contributed by atoms with E-state index in [4.69, 9.17) is 4.74 Å². The predicted molar refractivity (Wildman–Crippen MR) is 76.6 cm³/mol. The van der Waals surface area contributed by atoms with Crippen LogP contribution >= 0.6 is 0 Å². The summed E-state index contributed by atoms with van der Waals surface area (Å²) in [4.78, 5) is 27.3. The van der Waals surface area contributed by atoms with Crippen molar-refractivity contribution in [1.29, 1.82) is 0 Å². The summed E-state index contributed by atoms with van der Waals surface area (Å²) >= 11 is 0. The number of hydrogen-bond donors (Lipinski definition) is 1. The van der Waals surface area contributed by atoms with Crippen molar-refractivity contribution in [2.75, 3.05) is 32.7 Å². The van der Waals surface area contributed by atoms with E-state index in [9.17, 15) is 9.59 Å². The van der Waals surface area contributed by atoms with E-state index in [1.54, 1.807) is 0 Å². The molecule has 2 amide bonds. The Labute approximate surface area is 123 Å². The van der Waals surface area contributed by atoms with Gasteiger partial charge >= 0.3 is 12.0 Å². The average Bonchev–Trinajstić information content (AvgIpc) is 2.87. The number of carbonyl (C=O) groups excluding carboxylic acids is 2. The highest BCUT2D eigenvalue weighted by atomic mass is 16.5. The quantitative estimate of drug-likeness (QED) is 0.817. The van der Waals surface area contributed by atoms with E-state index in [0.717, 1.165) is 12.1 Å². The monoisotopic (exact) mass is 289 g/mol. The molecule has 6 heteroatoms. The number of benzene rings is 1. The van der Waals surface area contributed by atoms with E-state index < -0.39 is 0 Å². The van der Waals surface area contributed by atoms with Gasteiger partial charge in [0.2, 0.25) is 0 Å². The molecule has 1 N–H and O–H groups in total. The van der Waals surface area contributed by atoms with Gasteiger partial charge < -0.3 is 15.0 Å². The second kappa shape index (κ2) is 6.13. The second-order valence-corrected chi connectivity index (χ2v) is 5.41. The molecule has 3 rings (SSSR count). The lowest BCUT2D eigenvalue weighted by Crippen LogP contribution is -2.53. The Morgan fingerprint density at radius 1 is 1.29 bits per heavy atom. The number of amides is 2. The van der Waals surface area contributed by atoms with Crippen LogP contribution in [0.5, 0.6) is 0 Å². The molecule has 0 saturated carbocycles. The minimum absolute atomic E-state index is 0.00584. The molecule has 2 aliphatic rings. The number of rotatable bonds is 4. The van der Waals surface area contributed by atoms with Crippen LogP contribution < -0.4 is 5.32 Å². The molecule has 1 atom stereocenters. The predicted octanol–water partition coefficient (Wildman–Crippen LogP) is 0.439. The first-order valence-corrected chi connectivity index (χ1v) is 7.19. The van der Waals surface area contributed by atoms with Crippen LogP contribution in [0.15, 0.2) is 30.3 Å². The Morgan fingerprint density at radius 2 is 2.10 bits per heavy atom. The van der Waals surface area contributed by atoms with Crippen molar-refractivity contribution in [3.8, 4) is 0 Å². The minimum atomic E-state index is -0.218. The van der Waals surface area contributed by atoms with Gasteiger partial charge in [0.15, 0.2) is 0 Å². The number of urea groups is 1. The number of nitrogens with one attached hydrogen (secondary N) is 1. The van der Waals surface area contributed by atoms with Gasteiger partial charge in [-0.3, -0.25) is 9.69 Å². The summed E-state index contributed by atoms with van der Waals surface area (Å²) in [5.41, 5.74) is 0.987. The summed E-state index contributed by atoms with van der Waals surface area (Å²) < 4.78 is 5.29. The number of piperazine rings is 1. The van der Waals surface area contributed by atoms with Gasteiger partial charge in [0.05, 0.1) is 12.6 Å². The lowest BCUT2D eigenvalue weighted by atomic mass is 10.2. The van der Waals surface area contributed by atoms with Crippen LogP contribution in [0.25, 0.3) is 0 Å². The zero-order valence-corrected chi connectivity index (χ0v) is 11.8. The van der Waals surface area contributed by atoms with E-state index in [1.807, 2.05) is 35.2 Å². The number of fused-ring (bicyclic) bond motifs is 1. The van der Waals surface area contributed by atoms with Crippen LogP contribution in [0.3, 0.4) is 0 Å². The molecule has 0 unspecified atom stereocenters. The number of carbonyl (C=O) groups is 2. The summed E-state index contributed by atoms with van der Waals surface area (Å²) in [7, 11) is 0. The third kappa shape index (κ3) is 3.33. The number of esters is 1. The largest absolute Gasteiger partial charge is 0.460 e. The van der Waals surface area contributed by atoms with E-state index in [0.29, 0.717) is 26.2 Å². The van der Waals surface area contributed by atoms with Crippen LogP contribution in [-0.4, -0.2) is 60.6 Å². The molecule has 112 valence electrons. The minimum Gasteiger partial charge on any atom is -0.460 e. The summed E-state index contributed by atoms with van der Waals surface area (Å²) in [6.45, 7) is 3.36. The van der Waals surface area contributed by atoms with E-state index in [1.165, 1.54) is 0 Å². The Morgan fingerprint density at radius 3 is 2.90 bits per heavy atom. The molecule has 0 spiro atoms. The number of nitrogens with zero attached hydrogens (tertiary/aromatic N) is 2. The van der Waals surface area contributed by atoms with Crippen LogP contribution in [0, 0.1) is 0 Å². The maximum atomic E-state index is 11.9. The molecule has 0 bridgehead atoms. The Kier molecular flexibility index (Phi) is 4.06. The summed E-state index contributed by atoms with van der Waals surface area (Å²) in [5.74, 6) is -0.218. The van der Waals surface area contributed by atoms with Gasteiger partial charge in [-0.1, -0.05) is 30.3 Å².